The number of carbonyl (C=O) groups excluding carboxylic acids is 1. The first-order valence-electron chi connectivity index (χ1n) is 7.48. The summed E-state index contributed by atoms with van der Waals surface area (Å²) in [7, 11) is 3.14. The summed E-state index contributed by atoms with van der Waals surface area (Å²) in [6.07, 6.45) is 1.56. The Morgan fingerprint density at radius 3 is 2.72 bits per heavy atom. The number of methoxy groups -OCH3 is 2. The molecule has 2 rings (SSSR count). The number of rotatable bonds is 8. The Kier molecular flexibility index (Phi) is 7.63. The molecular formula is C18H19ClN2O3S. The Labute approximate surface area is 156 Å². The van der Waals surface area contributed by atoms with Crippen LogP contribution in [-0.2, 0) is 10.5 Å². The van der Waals surface area contributed by atoms with Gasteiger partial charge in [0, 0.05) is 10.8 Å². The van der Waals surface area contributed by atoms with Crippen molar-refractivity contribution in [3.63, 3.8) is 0 Å². The minimum Gasteiger partial charge on any atom is -0.493 e. The molecule has 0 fully saturated rings. The highest BCUT2D eigenvalue weighted by Crippen LogP contribution is 2.26. The predicted octanol–water partition coefficient (Wildman–Crippen LogP) is 3.74. The van der Waals surface area contributed by atoms with Crippen molar-refractivity contribution in [1.29, 1.82) is 0 Å². The molecule has 2 aromatic rings. The van der Waals surface area contributed by atoms with Crippen LogP contribution in [0, 0.1) is 0 Å². The Balaban J connectivity index is 1.78. The largest absolute Gasteiger partial charge is 0.493 e. The summed E-state index contributed by atoms with van der Waals surface area (Å²) in [5.74, 6) is 2.11. The van der Waals surface area contributed by atoms with Crippen LogP contribution in [0.5, 0.6) is 11.5 Å². The van der Waals surface area contributed by atoms with Crippen LogP contribution in [-0.4, -0.2) is 32.1 Å². The van der Waals surface area contributed by atoms with Gasteiger partial charge in [-0.15, -0.1) is 11.8 Å². The predicted molar refractivity (Wildman–Crippen MR) is 103 cm³/mol. The van der Waals surface area contributed by atoms with Crippen LogP contribution in [0.4, 0.5) is 0 Å². The number of amides is 1. The van der Waals surface area contributed by atoms with Crippen molar-refractivity contribution in [2.24, 2.45) is 5.10 Å². The van der Waals surface area contributed by atoms with E-state index in [9.17, 15) is 4.79 Å². The molecule has 5 nitrogen and oxygen atoms in total. The van der Waals surface area contributed by atoms with Crippen LogP contribution in [0.15, 0.2) is 47.6 Å². The molecule has 0 unspecified atom stereocenters. The van der Waals surface area contributed by atoms with E-state index in [-0.39, 0.29) is 5.91 Å². The molecule has 7 heteroatoms. The van der Waals surface area contributed by atoms with Gasteiger partial charge in [-0.1, -0.05) is 23.7 Å². The Hall–Kier alpha value is -2.18. The zero-order chi connectivity index (χ0) is 18.1. The summed E-state index contributed by atoms with van der Waals surface area (Å²) in [5, 5.41) is 4.65. The maximum absolute atomic E-state index is 11.8. The van der Waals surface area contributed by atoms with Crippen LogP contribution < -0.4 is 14.9 Å². The molecule has 0 aliphatic rings. The van der Waals surface area contributed by atoms with Crippen LogP contribution in [0.25, 0.3) is 0 Å². The Bertz CT molecular complexity index is 753. The minimum absolute atomic E-state index is 0.163. The number of nitrogens with zero attached hydrogens (tertiary/aromatic N) is 1. The van der Waals surface area contributed by atoms with E-state index in [1.54, 1.807) is 32.6 Å². The summed E-state index contributed by atoms with van der Waals surface area (Å²) in [5.41, 5.74) is 4.38. The van der Waals surface area contributed by atoms with Crippen LogP contribution >= 0.6 is 23.4 Å². The monoisotopic (exact) mass is 378 g/mol. The van der Waals surface area contributed by atoms with Crippen molar-refractivity contribution in [3.05, 3.63) is 58.6 Å². The molecule has 0 heterocycles. The normalized spacial score (nSPS) is 10.7. The fourth-order valence-corrected chi connectivity index (χ4v) is 3.01. The van der Waals surface area contributed by atoms with Gasteiger partial charge < -0.3 is 9.47 Å². The highest BCUT2D eigenvalue weighted by atomic mass is 35.5. The molecule has 0 saturated heterocycles. The van der Waals surface area contributed by atoms with E-state index in [2.05, 4.69) is 10.5 Å². The van der Waals surface area contributed by atoms with Gasteiger partial charge in [0.15, 0.2) is 11.5 Å². The molecular weight excluding hydrogens is 360 g/mol. The first kappa shape index (κ1) is 19.1. The third-order valence-electron chi connectivity index (χ3n) is 3.20. The second-order valence-corrected chi connectivity index (χ2v) is 6.45. The van der Waals surface area contributed by atoms with Gasteiger partial charge >= 0.3 is 0 Å². The van der Waals surface area contributed by atoms with Crippen molar-refractivity contribution in [2.45, 2.75) is 5.75 Å². The average molecular weight is 379 g/mol. The van der Waals surface area contributed by atoms with E-state index in [0.717, 1.165) is 11.1 Å². The van der Waals surface area contributed by atoms with Crippen LogP contribution in [0.3, 0.4) is 0 Å². The molecule has 0 bridgehead atoms. The number of benzene rings is 2. The van der Waals surface area contributed by atoms with Crippen LogP contribution in [0.1, 0.15) is 11.1 Å². The van der Waals surface area contributed by atoms with Gasteiger partial charge in [0.05, 0.1) is 26.2 Å². The van der Waals surface area contributed by atoms with Crippen molar-refractivity contribution in [1.82, 2.24) is 5.43 Å². The lowest BCUT2D eigenvalue weighted by Crippen LogP contribution is -2.19. The molecule has 25 heavy (non-hydrogen) atoms. The summed E-state index contributed by atoms with van der Waals surface area (Å²) < 4.78 is 10.4. The highest BCUT2D eigenvalue weighted by Gasteiger charge is 2.04. The fraction of sp³-hybridized carbons (Fsp3) is 0.222. The third kappa shape index (κ3) is 6.32. The number of ether oxygens (including phenoxy) is 2. The van der Waals surface area contributed by atoms with E-state index in [4.69, 9.17) is 21.1 Å². The molecule has 1 amide bonds. The van der Waals surface area contributed by atoms with E-state index in [1.165, 1.54) is 11.8 Å². The van der Waals surface area contributed by atoms with Gasteiger partial charge in [0.1, 0.15) is 0 Å². The number of carbonyl (C=O) groups is 1. The second kappa shape index (κ2) is 9.96. The van der Waals surface area contributed by atoms with E-state index >= 15 is 0 Å². The molecule has 0 atom stereocenters. The summed E-state index contributed by atoms with van der Waals surface area (Å²) in [6, 6.07) is 13.0. The number of nitrogens with one attached hydrogen (secondary N) is 1. The summed E-state index contributed by atoms with van der Waals surface area (Å²) in [6.45, 7) is 0. The molecule has 0 aliphatic carbocycles. The maximum Gasteiger partial charge on any atom is 0.250 e. The summed E-state index contributed by atoms with van der Waals surface area (Å²) >= 11 is 7.43. The third-order valence-corrected chi connectivity index (χ3v) is 4.44. The summed E-state index contributed by atoms with van der Waals surface area (Å²) in [4.78, 5) is 11.8. The van der Waals surface area contributed by atoms with Gasteiger partial charge in [-0.3, -0.25) is 4.79 Å². The minimum atomic E-state index is -0.163. The highest BCUT2D eigenvalue weighted by molar-refractivity contribution is 7.99. The van der Waals surface area contributed by atoms with E-state index in [0.29, 0.717) is 28.0 Å². The Morgan fingerprint density at radius 2 is 2.00 bits per heavy atom. The van der Waals surface area contributed by atoms with Crippen molar-refractivity contribution < 1.29 is 14.3 Å². The smallest absolute Gasteiger partial charge is 0.250 e. The zero-order valence-electron chi connectivity index (χ0n) is 14.0. The maximum atomic E-state index is 11.8. The quantitative estimate of drug-likeness (QED) is 0.561. The number of hydrogen-bond donors (Lipinski definition) is 1. The molecule has 1 N–H and O–H groups in total. The van der Waals surface area contributed by atoms with Crippen LogP contribution in [0.2, 0.25) is 5.02 Å². The lowest BCUT2D eigenvalue weighted by molar-refractivity contribution is -0.118. The first-order valence-corrected chi connectivity index (χ1v) is 9.01. The number of thioether (sulfide) groups is 1. The topological polar surface area (TPSA) is 59.9 Å². The second-order valence-electron chi connectivity index (χ2n) is 5.03. The molecule has 0 aliphatic heterocycles. The van der Waals surface area contributed by atoms with Gasteiger partial charge in [0.2, 0.25) is 5.91 Å². The Morgan fingerprint density at radius 1 is 1.20 bits per heavy atom. The number of halogens is 1. The molecule has 2 aromatic carbocycles. The standard InChI is InChI=1S/C18H19ClN2O3S/c1-23-16-7-6-13(9-17(16)24-2)10-20-21-18(22)12-25-11-14-4-3-5-15(19)8-14/h3-10H,11-12H2,1-2H3,(H,21,22)/b20-10-. The zero-order valence-corrected chi connectivity index (χ0v) is 15.6. The molecule has 0 spiro atoms. The lowest BCUT2D eigenvalue weighted by Gasteiger charge is -2.07. The van der Waals surface area contributed by atoms with Gasteiger partial charge in [-0.25, -0.2) is 5.43 Å². The molecule has 132 valence electrons. The van der Waals surface area contributed by atoms with Crippen molar-refractivity contribution >= 4 is 35.5 Å². The SMILES string of the molecule is COc1ccc(/C=N\NC(=O)CSCc2cccc(Cl)c2)cc1OC. The van der Waals surface area contributed by atoms with Gasteiger partial charge in [-0.2, -0.15) is 5.10 Å². The number of hydrogen-bond acceptors (Lipinski definition) is 5. The first-order chi connectivity index (χ1) is 12.1. The molecule has 0 aromatic heterocycles. The van der Waals surface area contributed by atoms with Gasteiger partial charge in [0.25, 0.3) is 0 Å². The van der Waals surface area contributed by atoms with Crippen molar-refractivity contribution in [2.75, 3.05) is 20.0 Å². The van der Waals surface area contributed by atoms with E-state index in [1.807, 2.05) is 30.3 Å². The molecule has 0 saturated carbocycles. The lowest BCUT2D eigenvalue weighted by atomic mass is 10.2. The van der Waals surface area contributed by atoms with Gasteiger partial charge in [-0.05, 0) is 41.5 Å². The number of hydrazone groups is 1. The average Bonchev–Trinajstić information content (AvgIpc) is 2.61. The van der Waals surface area contributed by atoms with E-state index < -0.39 is 0 Å². The molecule has 0 radical (unpaired) electrons. The fourth-order valence-electron chi connectivity index (χ4n) is 2.03. The van der Waals surface area contributed by atoms with Crippen molar-refractivity contribution in [3.8, 4) is 11.5 Å².